The topological polar surface area (TPSA) is 84.7 Å². The third kappa shape index (κ3) is 7.62. The van der Waals surface area contributed by atoms with E-state index < -0.39 is 6.04 Å². The van der Waals surface area contributed by atoms with Crippen LogP contribution in [0.1, 0.15) is 53.4 Å². The number of carbonyl (C=O) groups is 2. The van der Waals surface area contributed by atoms with E-state index >= 15 is 0 Å². The zero-order valence-corrected chi connectivity index (χ0v) is 15.7. The largest absolute Gasteiger partial charge is 0.379 e. The molecule has 1 fully saturated rings. The first-order chi connectivity index (χ1) is 11.3. The minimum absolute atomic E-state index is 0.00129. The van der Waals surface area contributed by atoms with Crippen molar-refractivity contribution in [3.8, 4) is 0 Å². The number of amides is 2. The van der Waals surface area contributed by atoms with Crippen LogP contribution in [-0.4, -0.2) is 55.1 Å². The van der Waals surface area contributed by atoms with Crippen molar-refractivity contribution < 1.29 is 14.3 Å². The molecule has 0 spiro atoms. The number of rotatable bonds is 9. The third-order valence-electron chi connectivity index (χ3n) is 4.29. The number of ether oxygens (including phenoxy) is 1. The molecule has 1 aliphatic heterocycles. The van der Waals surface area contributed by atoms with Gasteiger partial charge in [0.25, 0.3) is 0 Å². The Hall–Kier alpha value is -1.14. The fourth-order valence-electron chi connectivity index (χ4n) is 2.95. The van der Waals surface area contributed by atoms with Gasteiger partial charge in [-0.3, -0.25) is 9.59 Å². The smallest absolute Gasteiger partial charge is 0.239 e. The number of piperidine rings is 1. The summed E-state index contributed by atoms with van der Waals surface area (Å²) in [5, 5.41) is 2.97. The number of nitrogens with one attached hydrogen (secondary N) is 1. The lowest BCUT2D eigenvalue weighted by molar-refractivity contribution is -0.137. The molecular formula is C18H35N3O3. The Morgan fingerprint density at radius 1 is 1.21 bits per heavy atom. The number of nitrogens with two attached hydrogens (primary N) is 1. The first-order valence-electron chi connectivity index (χ1n) is 9.25. The predicted octanol–water partition coefficient (Wildman–Crippen LogP) is 1.53. The summed E-state index contributed by atoms with van der Waals surface area (Å²) in [5.74, 6) is 0.528. The van der Waals surface area contributed by atoms with Gasteiger partial charge in [0, 0.05) is 32.2 Å². The summed E-state index contributed by atoms with van der Waals surface area (Å²) in [7, 11) is 0. The molecule has 0 unspecified atom stereocenters. The summed E-state index contributed by atoms with van der Waals surface area (Å²) in [4.78, 5) is 26.3. The van der Waals surface area contributed by atoms with Crippen molar-refractivity contribution in [2.24, 2.45) is 17.6 Å². The predicted molar refractivity (Wildman–Crippen MR) is 95.4 cm³/mol. The van der Waals surface area contributed by atoms with E-state index in [1.807, 2.05) is 18.7 Å². The maximum absolute atomic E-state index is 12.3. The molecule has 0 aromatic carbocycles. The highest BCUT2D eigenvalue weighted by Crippen LogP contribution is 2.18. The summed E-state index contributed by atoms with van der Waals surface area (Å²) < 4.78 is 5.45. The van der Waals surface area contributed by atoms with E-state index in [1.54, 1.807) is 0 Å². The molecule has 2 amide bonds. The average Bonchev–Trinajstić information content (AvgIpc) is 2.52. The highest BCUT2D eigenvalue weighted by atomic mass is 16.5. The van der Waals surface area contributed by atoms with Crippen molar-refractivity contribution in [2.45, 2.75) is 65.5 Å². The summed E-state index contributed by atoms with van der Waals surface area (Å²) in [5.41, 5.74) is 5.98. The van der Waals surface area contributed by atoms with E-state index in [1.165, 1.54) is 0 Å². The Morgan fingerprint density at radius 2 is 1.83 bits per heavy atom. The Morgan fingerprint density at radius 3 is 2.38 bits per heavy atom. The highest BCUT2D eigenvalue weighted by molar-refractivity contribution is 5.82. The molecule has 6 heteroatoms. The normalized spacial score (nSPS) is 17.4. The molecule has 0 aromatic rings. The molecule has 1 saturated heterocycles. The molecule has 1 atom stereocenters. The summed E-state index contributed by atoms with van der Waals surface area (Å²) >= 11 is 0. The quantitative estimate of drug-likeness (QED) is 0.623. The van der Waals surface area contributed by atoms with Crippen LogP contribution in [0.4, 0.5) is 0 Å². The van der Waals surface area contributed by atoms with Gasteiger partial charge in [0.2, 0.25) is 11.8 Å². The molecular weight excluding hydrogens is 306 g/mol. The van der Waals surface area contributed by atoms with Gasteiger partial charge in [0.1, 0.15) is 0 Å². The first-order valence-corrected chi connectivity index (χ1v) is 9.25. The lowest BCUT2D eigenvalue weighted by atomic mass is 9.94. The Labute approximate surface area is 146 Å². The van der Waals surface area contributed by atoms with Gasteiger partial charge in [-0.05, 0) is 45.4 Å². The molecule has 6 nitrogen and oxygen atoms in total. The monoisotopic (exact) mass is 341 g/mol. The number of hydrogen-bond acceptors (Lipinski definition) is 4. The number of likely N-dealkylation sites (tertiary alicyclic amines) is 1. The molecule has 3 N–H and O–H groups in total. The minimum Gasteiger partial charge on any atom is -0.379 e. The molecule has 1 heterocycles. The second-order valence-electron chi connectivity index (χ2n) is 7.40. The van der Waals surface area contributed by atoms with Crippen LogP contribution < -0.4 is 11.1 Å². The maximum atomic E-state index is 12.3. The first kappa shape index (κ1) is 20.9. The van der Waals surface area contributed by atoms with Crippen LogP contribution in [-0.2, 0) is 14.3 Å². The van der Waals surface area contributed by atoms with Gasteiger partial charge in [0.15, 0.2) is 0 Å². The van der Waals surface area contributed by atoms with Gasteiger partial charge in [-0.15, -0.1) is 0 Å². The third-order valence-corrected chi connectivity index (χ3v) is 4.29. The van der Waals surface area contributed by atoms with Crippen LogP contribution in [0.25, 0.3) is 0 Å². The minimum atomic E-state index is -0.420. The van der Waals surface area contributed by atoms with E-state index in [-0.39, 0.29) is 23.8 Å². The molecule has 24 heavy (non-hydrogen) atoms. The van der Waals surface area contributed by atoms with Gasteiger partial charge in [0.05, 0.1) is 12.1 Å². The van der Waals surface area contributed by atoms with Gasteiger partial charge >= 0.3 is 0 Å². The van der Waals surface area contributed by atoms with Crippen molar-refractivity contribution >= 4 is 11.8 Å². The molecule has 0 saturated carbocycles. The van der Waals surface area contributed by atoms with E-state index in [4.69, 9.17) is 10.5 Å². The number of nitrogens with zero attached hydrogens (tertiary/aromatic N) is 1. The fraction of sp³-hybridized carbons (Fsp3) is 0.889. The van der Waals surface area contributed by atoms with Gasteiger partial charge in [-0.25, -0.2) is 0 Å². The lowest BCUT2D eigenvalue weighted by Gasteiger charge is -2.33. The van der Waals surface area contributed by atoms with Crippen molar-refractivity contribution in [3.05, 3.63) is 0 Å². The van der Waals surface area contributed by atoms with Crippen LogP contribution in [0.3, 0.4) is 0 Å². The average molecular weight is 341 g/mol. The SMILES string of the molecule is CC(C)C[C@H](N)C(=O)N1CCC(C(=O)NCCCOC(C)C)CC1. The van der Waals surface area contributed by atoms with Crippen molar-refractivity contribution in [2.75, 3.05) is 26.2 Å². The Kier molecular flexibility index (Phi) is 9.29. The molecule has 1 aliphatic rings. The van der Waals surface area contributed by atoms with E-state index in [9.17, 15) is 9.59 Å². The summed E-state index contributed by atoms with van der Waals surface area (Å²) in [6.07, 6.45) is 3.19. The zero-order chi connectivity index (χ0) is 18.1. The molecule has 0 radical (unpaired) electrons. The maximum Gasteiger partial charge on any atom is 0.239 e. The Balaban J connectivity index is 2.24. The molecule has 0 bridgehead atoms. The molecule has 140 valence electrons. The number of carbonyl (C=O) groups excluding carboxylic acids is 2. The fourth-order valence-corrected chi connectivity index (χ4v) is 2.95. The summed E-state index contributed by atoms with van der Waals surface area (Å²) in [6.45, 7) is 10.7. The number of hydrogen-bond donors (Lipinski definition) is 2. The van der Waals surface area contributed by atoms with E-state index in [0.29, 0.717) is 51.4 Å². The van der Waals surface area contributed by atoms with Crippen molar-refractivity contribution in [1.82, 2.24) is 10.2 Å². The van der Waals surface area contributed by atoms with E-state index in [0.717, 1.165) is 6.42 Å². The summed E-state index contributed by atoms with van der Waals surface area (Å²) in [6, 6.07) is -0.420. The van der Waals surface area contributed by atoms with E-state index in [2.05, 4.69) is 19.2 Å². The second kappa shape index (κ2) is 10.7. The molecule has 0 aliphatic carbocycles. The van der Waals surface area contributed by atoms with Crippen LogP contribution in [0, 0.1) is 11.8 Å². The second-order valence-corrected chi connectivity index (χ2v) is 7.40. The zero-order valence-electron chi connectivity index (χ0n) is 15.7. The van der Waals surface area contributed by atoms with Crippen LogP contribution in [0.15, 0.2) is 0 Å². The standard InChI is InChI=1S/C18H35N3O3/c1-13(2)12-16(19)18(23)21-9-6-15(7-10-21)17(22)20-8-5-11-24-14(3)4/h13-16H,5-12,19H2,1-4H3,(H,20,22)/t16-/m0/s1. The van der Waals surface area contributed by atoms with Gasteiger partial charge in [-0.1, -0.05) is 13.8 Å². The van der Waals surface area contributed by atoms with Gasteiger partial charge in [-0.2, -0.15) is 0 Å². The van der Waals surface area contributed by atoms with Crippen molar-refractivity contribution in [3.63, 3.8) is 0 Å². The molecule has 1 rings (SSSR count). The van der Waals surface area contributed by atoms with Crippen LogP contribution in [0.2, 0.25) is 0 Å². The Bertz CT molecular complexity index is 391. The van der Waals surface area contributed by atoms with Crippen LogP contribution in [0.5, 0.6) is 0 Å². The lowest BCUT2D eigenvalue weighted by Crippen LogP contribution is -2.49. The van der Waals surface area contributed by atoms with Gasteiger partial charge < -0.3 is 20.7 Å². The highest BCUT2D eigenvalue weighted by Gasteiger charge is 2.29. The van der Waals surface area contributed by atoms with Crippen molar-refractivity contribution in [1.29, 1.82) is 0 Å². The van der Waals surface area contributed by atoms with Crippen LogP contribution >= 0.6 is 0 Å². The molecule has 0 aromatic heterocycles.